The van der Waals surface area contributed by atoms with Gasteiger partial charge in [-0.15, -0.1) is 0 Å². The molecule has 2 saturated heterocycles. The number of aromatic nitrogens is 3. The fourth-order valence-corrected chi connectivity index (χ4v) is 4.82. The van der Waals surface area contributed by atoms with Crippen LogP contribution in [0.25, 0.3) is 11.3 Å². The molecule has 0 N–H and O–H groups in total. The number of amides is 1. The van der Waals surface area contributed by atoms with Crippen LogP contribution < -0.4 is 4.90 Å². The van der Waals surface area contributed by atoms with Crippen molar-refractivity contribution in [3.8, 4) is 11.3 Å². The van der Waals surface area contributed by atoms with Gasteiger partial charge in [0.05, 0.1) is 37.5 Å². The maximum absolute atomic E-state index is 13.1. The Bertz CT molecular complexity index is 1200. The molecule has 2 aromatic heterocycles. The molecule has 1 amide bonds. The van der Waals surface area contributed by atoms with Gasteiger partial charge in [-0.05, 0) is 42.3 Å². The smallest absolute Gasteiger partial charge is 0.254 e. The van der Waals surface area contributed by atoms with Crippen molar-refractivity contribution in [1.82, 2.24) is 19.9 Å². The minimum Gasteiger partial charge on any atom is -0.379 e. The summed E-state index contributed by atoms with van der Waals surface area (Å²) in [4.78, 5) is 30.9. The highest BCUT2D eigenvalue weighted by atomic mass is 16.5. The molecule has 0 bridgehead atoms. The van der Waals surface area contributed by atoms with E-state index in [2.05, 4.69) is 25.9 Å². The van der Waals surface area contributed by atoms with E-state index in [1.54, 1.807) is 6.20 Å². The highest BCUT2D eigenvalue weighted by Gasteiger charge is 2.49. The fraction of sp³-hybridized carbons (Fsp3) is 0.360. The van der Waals surface area contributed by atoms with Crippen LogP contribution in [-0.4, -0.2) is 71.8 Å². The van der Waals surface area contributed by atoms with E-state index in [1.165, 1.54) is 5.56 Å². The second-order valence-electron chi connectivity index (χ2n) is 8.99. The number of carbonyl (C=O) groups is 1. The molecule has 6 rings (SSSR count). The molecule has 8 heteroatoms. The van der Waals surface area contributed by atoms with Gasteiger partial charge >= 0.3 is 0 Å². The average Bonchev–Trinajstić information content (AvgIpc) is 3.20. The molecule has 0 aliphatic carbocycles. The third-order valence-corrected chi connectivity index (χ3v) is 6.71. The number of hydrogen-bond donors (Lipinski definition) is 0. The lowest BCUT2D eigenvalue weighted by molar-refractivity contribution is -0.0507. The molecule has 8 nitrogen and oxygen atoms in total. The van der Waals surface area contributed by atoms with E-state index in [9.17, 15) is 4.79 Å². The number of anilines is 2. The normalized spacial score (nSPS) is 18.8. The molecular weight excluding hydrogens is 418 g/mol. The third kappa shape index (κ3) is 3.46. The zero-order valence-corrected chi connectivity index (χ0v) is 18.5. The quantitative estimate of drug-likeness (QED) is 0.616. The van der Waals surface area contributed by atoms with E-state index < -0.39 is 0 Å². The first kappa shape index (κ1) is 20.3. The molecule has 1 aromatic carbocycles. The van der Waals surface area contributed by atoms with Crippen LogP contribution in [0.15, 0.2) is 48.9 Å². The number of fused-ring (bicyclic) bond motifs is 2. The molecule has 3 aliphatic rings. The monoisotopic (exact) mass is 443 g/mol. The summed E-state index contributed by atoms with van der Waals surface area (Å²) in [5.41, 5.74) is 5.65. The second-order valence-corrected chi connectivity index (χ2v) is 8.99. The Morgan fingerprint density at radius 3 is 2.48 bits per heavy atom. The molecule has 0 atom stereocenters. The van der Waals surface area contributed by atoms with E-state index in [0.717, 1.165) is 29.1 Å². The Labute approximate surface area is 192 Å². The van der Waals surface area contributed by atoms with Crippen molar-refractivity contribution >= 4 is 17.5 Å². The Kier molecular flexibility index (Phi) is 4.85. The van der Waals surface area contributed by atoms with Gasteiger partial charge in [0.15, 0.2) is 0 Å². The highest BCUT2D eigenvalue weighted by Crippen LogP contribution is 2.47. The maximum Gasteiger partial charge on any atom is 0.254 e. The first-order valence-electron chi connectivity index (χ1n) is 11.2. The summed E-state index contributed by atoms with van der Waals surface area (Å²) >= 11 is 0. The number of ether oxygens (including phenoxy) is 2. The van der Waals surface area contributed by atoms with Gasteiger partial charge in [-0.1, -0.05) is 6.07 Å². The van der Waals surface area contributed by atoms with Gasteiger partial charge in [-0.3, -0.25) is 9.78 Å². The van der Waals surface area contributed by atoms with Gasteiger partial charge in [-0.25, -0.2) is 9.97 Å². The lowest BCUT2D eigenvalue weighted by atomic mass is 9.80. The summed E-state index contributed by atoms with van der Waals surface area (Å²) in [5, 5.41) is 0. The zero-order valence-electron chi connectivity index (χ0n) is 18.5. The molecule has 3 aliphatic heterocycles. The van der Waals surface area contributed by atoms with Crippen LogP contribution in [0, 0.1) is 6.92 Å². The number of benzene rings is 1. The third-order valence-electron chi connectivity index (χ3n) is 6.71. The van der Waals surface area contributed by atoms with Gasteiger partial charge in [0.1, 0.15) is 0 Å². The lowest BCUT2D eigenvalue weighted by Crippen LogP contribution is -2.49. The van der Waals surface area contributed by atoms with Gasteiger partial charge in [0, 0.05) is 55.0 Å². The predicted octanol–water partition coefficient (Wildman–Crippen LogP) is 2.74. The summed E-state index contributed by atoms with van der Waals surface area (Å²) in [6.07, 6.45) is 5.42. The van der Waals surface area contributed by atoms with Gasteiger partial charge in [0.25, 0.3) is 5.91 Å². The van der Waals surface area contributed by atoms with Gasteiger partial charge < -0.3 is 19.3 Å². The Hall–Kier alpha value is -3.36. The second kappa shape index (κ2) is 7.90. The van der Waals surface area contributed by atoms with Crippen LogP contribution >= 0.6 is 0 Å². The number of rotatable bonds is 3. The van der Waals surface area contributed by atoms with Crippen LogP contribution in [0.3, 0.4) is 0 Å². The van der Waals surface area contributed by atoms with Crippen molar-refractivity contribution in [3.05, 3.63) is 65.6 Å². The first-order valence-corrected chi connectivity index (χ1v) is 11.2. The summed E-state index contributed by atoms with van der Waals surface area (Å²) < 4.78 is 11.0. The summed E-state index contributed by atoms with van der Waals surface area (Å²) in [6, 6.07) is 9.99. The van der Waals surface area contributed by atoms with E-state index in [1.807, 2.05) is 48.5 Å². The number of aryl methyl sites for hydroxylation is 1. The molecular formula is C25H25N5O3. The summed E-state index contributed by atoms with van der Waals surface area (Å²) in [6.45, 7) is 6.51. The standard InChI is InChI=1S/C25H25N5O3/c1-17-4-5-26-21(10-17)19-12-27-24(28-13-19)30-14-25(15-33-16-25)20-3-2-18(11-22(20)30)23(31)29-6-8-32-9-7-29/h2-5,10-13H,6-9,14-16H2,1H3. The molecule has 3 aromatic rings. The molecule has 33 heavy (non-hydrogen) atoms. The maximum atomic E-state index is 13.1. The Balaban J connectivity index is 1.34. The van der Waals surface area contributed by atoms with Gasteiger partial charge in [-0.2, -0.15) is 0 Å². The summed E-state index contributed by atoms with van der Waals surface area (Å²) in [7, 11) is 0. The highest BCUT2D eigenvalue weighted by molar-refractivity contribution is 5.96. The topological polar surface area (TPSA) is 80.7 Å². The number of pyridine rings is 1. The minimum absolute atomic E-state index is 0.0358. The molecule has 0 radical (unpaired) electrons. The first-order chi connectivity index (χ1) is 16.1. The van der Waals surface area contributed by atoms with Crippen LogP contribution in [-0.2, 0) is 14.9 Å². The SMILES string of the molecule is Cc1ccnc(-c2cnc(N3CC4(COC4)c4ccc(C(=O)N5CCOCC5)cc43)nc2)c1. The van der Waals surface area contributed by atoms with E-state index in [-0.39, 0.29) is 11.3 Å². The Morgan fingerprint density at radius 1 is 1.00 bits per heavy atom. The zero-order chi connectivity index (χ0) is 22.4. The van der Waals surface area contributed by atoms with Crippen molar-refractivity contribution in [3.63, 3.8) is 0 Å². The van der Waals surface area contributed by atoms with Crippen molar-refractivity contribution in [2.24, 2.45) is 0 Å². The molecule has 2 fully saturated rings. The van der Waals surface area contributed by atoms with Crippen molar-refractivity contribution in [2.45, 2.75) is 12.3 Å². The molecule has 0 unspecified atom stereocenters. The van der Waals surface area contributed by atoms with Crippen LogP contribution in [0.1, 0.15) is 21.5 Å². The minimum atomic E-state index is -0.0734. The summed E-state index contributed by atoms with van der Waals surface area (Å²) in [5.74, 6) is 0.654. The van der Waals surface area contributed by atoms with Crippen molar-refractivity contribution < 1.29 is 14.3 Å². The van der Waals surface area contributed by atoms with E-state index in [4.69, 9.17) is 9.47 Å². The van der Waals surface area contributed by atoms with Crippen LogP contribution in [0.2, 0.25) is 0 Å². The molecule has 1 spiro atoms. The van der Waals surface area contributed by atoms with Gasteiger partial charge in [0.2, 0.25) is 5.95 Å². The van der Waals surface area contributed by atoms with E-state index in [0.29, 0.717) is 51.0 Å². The predicted molar refractivity (Wildman–Crippen MR) is 123 cm³/mol. The fourth-order valence-electron chi connectivity index (χ4n) is 4.82. The molecule has 5 heterocycles. The Morgan fingerprint density at radius 2 is 1.79 bits per heavy atom. The average molecular weight is 444 g/mol. The van der Waals surface area contributed by atoms with E-state index >= 15 is 0 Å². The number of carbonyl (C=O) groups excluding carboxylic acids is 1. The van der Waals surface area contributed by atoms with Crippen LogP contribution in [0.4, 0.5) is 11.6 Å². The van der Waals surface area contributed by atoms with Crippen molar-refractivity contribution in [2.75, 3.05) is 51.0 Å². The van der Waals surface area contributed by atoms with Crippen LogP contribution in [0.5, 0.6) is 0 Å². The lowest BCUT2D eigenvalue weighted by Gasteiger charge is -2.38. The number of morpholine rings is 1. The largest absolute Gasteiger partial charge is 0.379 e. The number of hydrogen-bond acceptors (Lipinski definition) is 7. The number of nitrogens with zero attached hydrogens (tertiary/aromatic N) is 5. The van der Waals surface area contributed by atoms with Crippen molar-refractivity contribution in [1.29, 1.82) is 0 Å². The molecule has 168 valence electrons. The molecule has 0 saturated carbocycles.